The zero-order valence-corrected chi connectivity index (χ0v) is 7.90. The molecule has 0 aliphatic heterocycles. The van der Waals surface area contributed by atoms with E-state index in [0.29, 0.717) is 6.26 Å². The first-order valence-corrected chi connectivity index (χ1v) is 5.02. The Balaban J connectivity index is 2.37. The number of carbonyl (C=O) groups is 2. The molecule has 5 heteroatoms. The van der Waals surface area contributed by atoms with Crippen LogP contribution in [0.2, 0.25) is 0 Å². The van der Waals surface area contributed by atoms with Crippen LogP contribution in [0, 0.1) is 5.92 Å². The van der Waals surface area contributed by atoms with E-state index in [9.17, 15) is 14.0 Å². The molecule has 0 aromatic rings. The van der Waals surface area contributed by atoms with Gasteiger partial charge in [-0.05, 0) is 19.1 Å². The molecule has 0 saturated heterocycles. The molecule has 1 saturated carbocycles. The van der Waals surface area contributed by atoms with Crippen molar-refractivity contribution < 1.29 is 18.7 Å². The Hall–Kier alpha value is -0.840. The third-order valence-electron chi connectivity index (χ3n) is 1.57. The highest BCUT2D eigenvalue weighted by molar-refractivity contribution is 8.13. The molecule has 0 amide bonds. The van der Waals surface area contributed by atoms with Crippen molar-refractivity contribution in [2.24, 2.45) is 5.92 Å². The van der Waals surface area contributed by atoms with Gasteiger partial charge in [0.25, 0.3) is 5.12 Å². The molecule has 1 rings (SSSR count). The lowest BCUT2D eigenvalue weighted by Crippen LogP contribution is -2.02. The summed E-state index contributed by atoms with van der Waals surface area (Å²) < 4.78 is 17.1. The van der Waals surface area contributed by atoms with Crippen molar-refractivity contribution in [3.8, 4) is 0 Å². The quantitative estimate of drug-likeness (QED) is 0.398. The molecular formula is C8H9FO3S. The number of ether oxygens (including phenoxy) is 1. The number of hydrogen-bond donors (Lipinski definition) is 0. The first kappa shape index (κ1) is 10.2. The minimum absolute atomic E-state index is 0.0894. The molecule has 0 aromatic carbocycles. The van der Waals surface area contributed by atoms with Crippen LogP contribution in [-0.2, 0) is 14.3 Å². The minimum atomic E-state index is -1.03. The van der Waals surface area contributed by atoms with E-state index in [-0.39, 0.29) is 5.92 Å². The standard InChI is InChI=1S/C8H9FO3S/c1-13-8(11)6(9)4-12-7(10)5-2-3-5/h4-5H,2-3H2,1H3/b6-4-. The highest BCUT2D eigenvalue weighted by atomic mass is 32.2. The van der Waals surface area contributed by atoms with E-state index >= 15 is 0 Å². The van der Waals surface area contributed by atoms with Crippen molar-refractivity contribution in [3.05, 3.63) is 12.1 Å². The molecule has 0 spiro atoms. The molecule has 0 unspecified atom stereocenters. The highest BCUT2D eigenvalue weighted by Gasteiger charge is 2.31. The van der Waals surface area contributed by atoms with Crippen LogP contribution in [0.4, 0.5) is 4.39 Å². The third kappa shape index (κ3) is 3.18. The van der Waals surface area contributed by atoms with Gasteiger partial charge >= 0.3 is 5.97 Å². The Morgan fingerprint density at radius 3 is 2.62 bits per heavy atom. The van der Waals surface area contributed by atoms with Crippen LogP contribution >= 0.6 is 11.8 Å². The predicted molar refractivity (Wildman–Crippen MR) is 46.5 cm³/mol. The Labute approximate surface area is 79.3 Å². The fourth-order valence-electron chi connectivity index (χ4n) is 0.671. The molecule has 1 aliphatic carbocycles. The summed E-state index contributed by atoms with van der Waals surface area (Å²) >= 11 is 0.735. The topological polar surface area (TPSA) is 43.4 Å². The fourth-order valence-corrected chi connectivity index (χ4v) is 0.914. The fraction of sp³-hybridized carbons (Fsp3) is 0.500. The van der Waals surface area contributed by atoms with E-state index in [2.05, 4.69) is 4.74 Å². The van der Waals surface area contributed by atoms with Gasteiger partial charge in [0.1, 0.15) is 6.26 Å². The van der Waals surface area contributed by atoms with Crippen LogP contribution in [0.3, 0.4) is 0 Å². The van der Waals surface area contributed by atoms with E-state index in [1.165, 1.54) is 6.26 Å². The van der Waals surface area contributed by atoms with Gasteiger partial charge in [0.05, 0.1) is 5.92 Å². The molecule has 0 atom stereocenters. The second kappa shape index (κ2) is 4.41. The number of carbonyl (C=O) groups excluding carboxylic acids is 2. The molecule has 0 N–H and O–H groups in total. The van der Waals surface area contributed by atoms with Crippen LogP contribution in [0.15, 0.2) is 12.1 Å². The summed E-state index contributed by atoms with van der Waals surface area (Å²) in [5, 5.41) is -0.733. The van der Waals surface area contributed by atoms with E-state index in [1.807, 2.05) is 0 Å². The van der Waals surface area contributed by atoms with Gasteiger partial charge in [-0.2, -0.15) is 4.39 Å². The SMILES string of the molecule is CSC(=O)/C(F)=C/OC(=O)C1CC1. The summed E-state index contributed by atoms with van der Waals surface area (Å²) in [6, 6.07) is 0. The lowest BCUT2D eigenvalue weighted by molar-refractivity contribution is -0.139. The van der Waals surface area contributed by atoms with E-state index in [1.54, 1.807) is 0 Å². The van der Waals surface area contributed by atoms with Gasteiger partial charge in [0, 0.05) is 0 Å². The lowest BCUT2D eigenvalue weighted by atomic mass is 10.4. The molecule has 0 bridgehead atoms. The average molecular weight is 204 g/mol. The summed E-state index contributed by atoms with van der Waals surface area (Å²) in [5.74, 6) is -1.57. The van der Waals surface area contributed by atoms with Gasteiger partial charge < -0.3 is 4.74 Å². The molecule has 0 heterocycles. The monoisotopic (exact) mass is 204 g/mol. The van der Waals surface area contributed by atoms with Crippen molar-refractivity contribution in [3.63, 3.8) is 0 Å². The van der Waals surface area contributed by atoms with Gasteiger partial charge in [-0.25, -0.2) is 0 Å². The van der Waals surface area contributed by atoms with Gasteiger partial charge in [0.15, 0.2) is 0 Å². The first-order valence-electron chi connectivity index (χ1n) is 3.79. The molecule has 72 valence electrons. The Kier molecular flexibility index (Phi) is 3.48. The van der Waals surface area contributed by atoms with Gasteiger partial charge in [0.2, 0.25) is 5.83 Å². The van der Waals surface area contributed by atoms with Crippen LogP contribution in [0.5, 0.6) is 0 Å². The maximum Gasteiger partial charge on any atom is 0.313 e. The second-order valence-electron chi connectivity index (χ2n) is 2.67. The van der Waals surface area contributed by atoms with Crippen molar-refractivity contribution in [1.82, 2.24) is 0 Å². The van der Waals surface area contributed by atoms with Crippen molar-refractivity contribution in [2.45, 2.75) is 12.8 Å². The molecular weight excluding hydrogens is 195 g/mol. The van der Waals surface area contributed by atoms with Gasteiger partial charge in [-0.1, -0.05) is 11.8 Å². The summed E-state index contributed by atoms with van der Waals surface area (Å²) in [7, 11) is 0. The predicted octanol–water partition coefficient (Wildman–Crippen LogP) is 1.64. The summed E-state index contributed by atoms with van der Waals surface area (Å²) in [4.78, 5) is 21.5. The van der Waals surface area contributed by atoms with E-state index < -0.39 is 16.9 Å². The molecule has 1 fully saturated rings. The molecule has 0 radical (unpaired) electrons. The first-order chi connectivity index (χ1) is 6.15. The highest BCUT2D eigenvalue weighted by Crippen LogP contribution is 2.30. The normalized spacial score (nSPS) is 16.9. The van der Waals surface area contributed by atoms with Crippen molar-refractivity contribution in [2.75, 3.05) is 6.26 Å². The largest absolute Gasteiger partial charge is 0.431 e. The van der Waals surface area contributed by atoms with Crippen LogP contribution in [-0.4, -0.2) is 17.3 Å². The number of thioether (sulfide) groups is 1. The summed E-state index contributed by atoms with van der Waals surface area (Å²) in [6.07, 6.45) is 3.63. The van der Waals surface area contributed by atoms with Crippen molar-refractivity contribution >= 4 is 22.8 Å². The van der Waals surface area contributed by atoms with Crippen LogP contribution in [0.25, 0.3) is 0 Å². The minimum Gasteiger partial charge on any atom is -0.431 e. The van der Waals surface area contributed by atoms with Gasteiger partial charge in [-0.15, -0.1) is 0 Å². The number of rotatable bonds is 3. The second-order valence-corrected chi connectivity index (χ2v) is 3.45. The Morgan fingerprint density at radius 2 is 2.15 bits per heavy atom. The van der Waals surface area contributed by atoms with Crippen LogP contribution in [0.1, 0.15) is 12.8 Å². The Morgan fingerprint density at radius 1 is 1.54 bits per heavy atom. The molecule has 13 heavy (non-hydrogen) atoms. The smallest absolute Gasteiger partial charge is 0.313 e. The van der Waals surface area contributed by atoms with Crippen molar-refractivity contribution in [1.29, 1.82) is 0 Å². The zero-order chi connectivity index (χ0) is 9.84. The number of hydrogen-bond acceptors (Lipinski definition) is 4. The number of halogens is 1. The van der Waals surface area contributed by atoms with Crippen LogP contribution < -0.4 is 0 Å². The summed E-state index contributed by atoms with van der Waals surface area (Å²) in [5.41, 5.74) is 0. The zero-order valence-electron chi connectivity index (χ0n) is 7.08. The number of esters is 1. The lowest BCUT2D eigenvalue weighted by Gasteiger charge is -1.95. The average Bonchev–Trinajstić information content (AvgIpc) is 2.95. The maximum absolute atomic E-state index is 12.7. The van der Waals surface area contributed by atoms with Gasteiger partial charge in [-0.3, -0.25) is 9.59 Å². The summed E-state index contributed by atoms with van der Waals surface area (Å²) in [6.45, 7) is 0. The van der Waals surface area contributed by atoms with E-state index in [0.717, 1.165) is 24.6 Å². The molecule has 1 aliphatic rings. The maximum atomic E-state index is 12.7. The third-order valence-corrected chi connectivity index (χ3v) is 2.14. The Bertz CT molecular complexity index is 258. The van der Waals surface area contributed by atoms with E-state index in [4.69, 9.17) is 0 Å². The molecule has 3 nitrogen and oxygen atoms in total. The molecule has 0 aromatic heterocycles.